The molecule has 0 spiro atoms. The average Bonchev–Trinajstić information content (AvgIpc) is 2.85. The van der Waals surface area contributed by atoms with Gasteiger partial charge in [-0.05, 0) is 25.5 Å². The first-order chi connectivity index (χ1) is 9.28. The van der Waals surface area contributed by atoms with Crippen molar-refractivity contribution >= 4 is 0 Å². The number of para-hydroxylation sites is 1. The van der Waals surface area contributed by atoms with E-state index in [0.29, 0.717) is 19.8 Å². The summed E-state index contributed by atoms with van der Waals surface area (Å²) in [5.41, 5.74) is 0. The number of benzene rings is 1. The zero-order valence-corrected chi connectivity index (χ0v) is 11.5. The largest absolute Gasteiger partial charge is 0.489 e. The van der Waals surface area contributed by atoms with Gasteiger partial charge in [0.1, 0.15) is 11.9 Å². The van der Waals surface area contributed by atoms with Crippen molar-refractivity contribution in [1.82, 2.24) is 4.90 Å². The lowest BCUT2D eigenvalue weighted by molar-refractivity contribution is 0.0236. The van der Waals surface area contributed by atoms with Crippen molar-refractivity contribution in [2.24, 2.45) is 0 Å². The number of β-amino-alcohol motifs (C(OH)–C–C–N with tert-alkyl or cyclic N) is 1. The van der Waals surface area contributed by atoms with Crippen LogP contribution in [0.5, 0.6) is 5.75 Å². The molecule has 0 aromatic heterocycles. The monoisotopic (exact) mass is 265 g/mol. The van der Waals surface area contributed by atoms with Crippen molar-refractivity contribution in [3.63, 3.8) is 0 Å². The number of hydrogen-bond acceptors (Lipinski definition) is 4. The molecule has 4 heteroatoms. The number of rotatable bonds is 7. The van der Waals surface area contributed by atoms with E-state index in [1.54, 1.807) is 0 Å². The highest BCUT2D eigenvalue weighted by atomic mass is 16.5. The molecule has 19 heavy (non-hydrogen) atoms. The van der Waals surface area contributed by atoms with E-state index in [4.69, 9.17) is 9.47 Å². The number of aliphatic hydroxyl groups is 1. The van der Waals surface area contributed by atoms with Crippen molar-refractivity contribution in [3.8, 4) is 5.75 Å². The lowest BCUT2D eigenvalue weighted by atomic mass is 10.3. The summed E-state index contributed by atoms with van der Waals surface area (Å²) in [5, 5.41) is 9.81. The van der Waals surface area contributed by atoms with Crippen molar-refractivity contribution in [2.75, 3.05) is 32.8 Å². The predicted molar refractivity (Wildman–Crippen MR) is 74.4 cm³/mol. The van der Waals surface area contributed by atoms with Gasteiger partial charge >= 0.3 is 0 Å². The van der Waals surface area contributed by atoms with Crippen LogP contribution < -0.4 is 4.74 Å². The molecule has 0 bridgehead atoms. The highest BCUT2D eigenvalue weighted by Gasteiger charge is 2.25. The quantitative estimate of drug-likeness (QED) is 0.812. The van der Waals surface area contributed by atoms with Gasteiger partial charge in [0.25, 0.3) is 0 Å². The molecule has 1 saturated heterocycles. The minimum Gasteiger partial charge on any atom is -0.489 e. The lowest BCUT2D eigenvalue weighted by Gasteiger charge is -2.20. The van der Waals surface area contributed by atoms with Crippen LogP contribution in [0, 0.1) is 0 Å². The summed E-state index contributed by atoms with van der Waals surface area (Å²) in [5.74, 6) is 0.921. The Balaban J connectivity index is 1.71. The predicted octanol–water partition coefficient (Wildman–Crippen LogP) is 1.54. The molecule has 0 radical (unpaired) electrons. The molecule has 1 fully saturated rings. The Bertz CT molecular complexity index is 358. The Morgan fingerprint density at radius 1 is 1.37 bits per heavy atom. The standard InChI is InChI=1S/C15H23NO3/c1-2-18-12-13(17)10-16-9-8-15(11-16)19-14-6-4-3-5-7-14/h3-7,13,15,17H,2,8-12H2,1H3/t13-,15-/m0/s1. The zero-order chi connectivity index (χ0) is 13.5. The number of ether oxygens (including phenoxy) is 2. The fourth-order valence-corrected chi connectivity index (χ4v) is 2.36. The summed E-state index contributed by atoms with van der Waals surface area (Å²) >= 11 is 0. The summed E-state index contributed by atoms with van der Waals surface area (Å²) in [6.45, 7) is 5.51. The normalized spacial score (nSPS) is 21.5. The van der Waals surface area contributed by atoms with Gasteiger partial charge in [0.15, 0.2) is 0 Å². The fraction of sp³-hybridized carbons (Fsp3) is 0.600. The lowest BCUT2D eigenvalue weighted by Crippen LogP contribution is -2.34. The molecule has 1 aromatic carbocycles. The highest BCUT2D eigenvalue weighted by Crippen LogP contribution is 2.18. The maximum Gasteiger partial charge on any atom is 0.119 e. The Morgan fingerprint density at radius 2 is 2.16 bits per heavy atom. The molecule has 2 rings (SSSR count). The van der Waals surface area contributed by atoms with Crippen LogP contribution in [0.3, 0.4) is 0 Å². The molecular weight excluding hydrogens is 242 g/mol. The molecule has 106 valence electrons. The van der Waals surface area contributed by atoms with Crippen LogP contribution in [0.4, 0.5) is 0 Å². The van der Waals surface area contributed by atoms with E-state index >= 15 is 0 Å². The first-order valence-electron chi connectivity index (χ1n) is 6.97. The maximum atomic E-state index is 9.81. The summed E-state index contributed by atoms with van der Waals surface area (Å²) < 4.78 is 11.1. The Morgan fingerprint density at radius 3 is 2.89 bits per heavy atom. The SMILES string of the molecule is CCOC[C@@H](O)CN1CC[C@H](Oc2ccccc2)C1. The second-order valence-corrected chi connectivity index (χ2v) is 4.91. The van der Waals surface area contributed by atoms with Crippen LogP contribution in [-0.2, 0) is 4.74 Å². The van der Waals surface area contributed by atoms with Crippen molar-refractivity contribution in [1.29, 1.82) is 0 Å². The molecular formula is C15H23NO3. The maximum absolute atomic E-state index is 9.81. The van der Waals surface area contributed by atoms with Gasteiger partial charge < -0.3 is 14.6 Å². The van der Waals surface area contributed by atoms with E-state index in [0.717, 1.165) is 25.3 Å². The molecule has 1 N–H and O–H groups in total. The molecule has 0 unspecified atom stereocenters. The third kappa shape index (κ3) is 4.82. The minimum atomic E-state index is -0.407. The molecule has 0 saturated carbocycles. The first kappa shape index (κ1) is 14.3. The Kier molecular flexibility index (Phi) is 5.63. The fourth-order valence-electron chi connectivity index (χ4n) is 2.36. The summed E-state index contributed by atoms with van der Waals surface area (Å²) in [6, 6.07) is 9.90. The molecule has 0 aliphatic carbocycles. The number of likely N-dealkylation sites (tertiary alicyclic amines) is 1. The van der Waals surface area contributed by atoms with Crippen LogP contribution in [0.2, 0.25) is 0 Å². The first-order valence-corrected chi connectivity index (χ1v) is 6.97. The van der Waals surface area contributed by atoms with Crippen LogP contribution >= 0.6 is 0 Å². The van der Waals surface area contributed by atoms with E-state index in [9.17, 15) is 5.11 Å². The smallest absolute Gasteiger partial charge is 0.119 e. The van der Waals surface area contributed by atoms with Crippen molar-refractivity contribution < 1.29 is 14.6 Å². The number of nitrogens with zero attached hydrogens (tertiary/aromatic N) is 1. The van der Waals surface area contributed by atoms with E-state index < -0.39 is 6.10 Å². The summed E-state index contributed by atoms with van der Waals surface area (Å²) in [4.78, 5) is 2.23. The molecule has 1 aromatic rings. The van der Waals surface area contributed by atoms with Gasteiger partial charge in [-0.15, -0.1) is 0 Å². The van der Waals surface area contributed by atoms with E-state index in [1.165, 1.54) is 0 Å². The molecule has 0 amide bonds. The molecule has 1 aliphatic heterocycles. The van der Waals surface area contributed by atoms with Crippen LogP contribution in [-0.4, -0.2) is 55.1 Å². The van der Waals surface area contributed by atoms with Crippen LogP contribution in [0.15, 0.2) is 30.3 Å². The Labute approximate surface area is 114 Å². The van der Waals surface area contributed by atoms with Gasteiger partial charge in [-0.25, -0.2) is 0 Å². The zero-order valence-electron chi connectivity index (χ0n) is 11.5. The topological polar surface area (TPSA) is 41.9 Å². The minimum absolute atomic E-state index is 0.224. The number of aliphatic hydroxyl groups excluding tert-OH is 1. The van der Waals surface area contributed by atoms with Gasteiger partial charge in [-0.2, -0.15) is 0 Å². The van der Waals surface area contributed by atoms with Gasteiger partial charge in [0.2, 0.25) is 0 Å². The van der Waals surface area contributed by atoms with Gasteiger partial charge in [-0.1, -0.05) is 18.2 Å². The second-order valence-electron chi connectivity index (χ2n) is 4.91. The van der Waals surface area contributed by atoms with Gasteiger partial charge in [-0.3, -0.25) is 4.90 Å². The molecule has 1 heterocycles. The summed E-state index contributed by atoms with van der Waals surface area (Å²) in [6.07, 6.45) is 0.827. The van der Waals surface area contributed by atoms with Crippen LogP contribution in [0.25, 0.3) is 0 Å². The third-order valence-corrected chi connectivity index (χ3v) is 3.26. The van der Waals surface area contributed by atoms with Crippen LogP contribution in [0.1, 0.15) is 13.3 Å². The van der Waals surface area contributed by atoms with E-state index in [-0.39, 0.29) is 6.10 Å². The van der Waals surface area contributed by atoms with Gasteiger partial charge in [0, 0.05) is 26.2 Å². The highest BCUT2D eigenvalue weighted by molar-refractivity contribution is 5.21. The number of hydrogen-bond donors (Lipinski definition) is 1. The second kappa shape index (κ2) is 7.48. The van der Waals surface area contributed by atoms with Gasteiger partial charge in [0.05, 0.1) is 12.7 Å². The average molecular weight is 265 g/mol. The van der Waals surface area contributed by atoms with E-state index in [2.05, 4.69) is 4.90 Å². The third-order valence-electron chi connectivity index (χ3n) is 3.26. The molecule has 2 atom stereocenters. The van der Waals surface area contributed by atoms with Crippen molar-refractivity contribution in [2.45, 2.75) is 25.6 Å². The van der Waals surface area contributed by atoms with E-state index in [1.807, 2.05) is 37.3 Å². The molecule has 1 aliphatic rings. The summed E-state index contributed by atoms with van der Waals surface area (Å²) in [7, 11) is 0. The van der Waals surface area contributed by atoms with Crippen molar-refractivity contribution in [3.05, 3.63) is 30.3 Å². The molecule has 4 nitrogen and oxygen atoms in total. The Hall–Kier alpha value is -1.10.